The summed E-state index contributed by atoms with van der Waals surface area (Å²) in [5.41, 5.74) is 0.741. The maximum absolute atomic E-state index is 12.8. The lowest BCUT2D eigenvalue weighted by molar-refractivity contribution is 0.0158. The number of likely N-dealkylation sites (tertiary alicyclic amines) is 1. The minimum absolute atomic E-state index is 0.0184. The number of carbonyl (C=O) groups excluding carboxylic acids is 1. The lowest BCUT2D eigenvalue weighted by Gasteiger charge is -2.39. The number of hydrogen-bond donors (Lipinski definition) is 0. The van der Waals surface area contributed by atoms with Crippen molar-refractivity contribution in [3.05, 3.63) is 70.8 Å². The van der Waals surface area contributed by atoms with Gasteiger partial charge in [-0.05, 0) is 44.9 Å². The van der Waals surface area contributed by atoms with E-state index in [1.807, 2.05) is 59.5 Å². The monoisotopic (exact) mass is 382 g/mol. The third-order valence-electron chi connectivity index (χ3n) is 4.16. The number of nitrogens with zero attached hydrogens (tertiary/aromatic N) is 2. The molecule has 0 spiro atoms. The first-order valence-electron chi connectivity index (χ1n) is 7.76. The quantitative estimate of drug-likeness (QED) is 0.689. The molecule has 1 fully saturated rings. The Bertz CT molecular complexity index is 901. The molecule has 1 saturated heterocycles. The van der Waals surface area contributed by atoms with Gasteiger partial charge in [0.05, 0.1) is 17.6 Å². The molecule has 1 aliphatic rings. The van der Waals surface area contributed by atoms with E-state index in [0.717, 1.165) is 20.8 Å². The summed E-state index contributed by atoms with van der Waals surface area (Å²) in [7, 11) is 0. The molecule has 24 heavy (non-hydrogen) atoms. The number of amides is 1. The minimum atomic E-state index is -0.0184. The van der Waals surface area contributed by atoms with Gasteiger partial charge in [0, 0.05) is 11.8 Å². The molecule has 3 aromatic rings. The second-order valence-corrected chi connectivity index (χ2v) is 6.62. The molecule has 0 saturated carbocycles. The number of ether oxygens (including phenoxy) is 1. The van der Waals surface area contributed by atoms with Crippen LogP contribution in [0, 0.1) is 0 Å². The molecular formula is C19H15BrN2O2. The second-order valence-electron chi connectivity index (χ2n) is 5.77. The van der Waals surface area contributed by atoms with E-state index in [4.69, 9.17) is 4.74 Å². The highest BCUT2D eigenvalue weighted by molar-refractivity contribution is 9.10. The summed E-state index contributed by atoms with van der Waals surface area (Å²) in [5.74, 6) is 0.617. The summed E-state index contributed by atoms with van der Waals surface area (Å²) in [6.45, 7) is 1.15. The summed E-state index contributed by atoms with van der Waals surface area (Å²) in [6, 6.07) is 17.5. The van der Waals surface area contributed by atoms with Crippen LogP contribution in [0.25, 0.3) is 10.8 Å². The molecule has 1 aliphatic heterocycles. The van der Waals surface area contributed by atoms with Gasteiger partial charge in [-0.2, -0.15) is 0 Å². The number of pyridine rings is 1. The lowest BCUT2D eigenvalue weighted by Crippen LogP contribution is -2.56. The standard InChI is InChI=1S/C19H15BrN2O2/c20-17-9-4-10-21-18(17)24-14-11-22(12-14)19(23)16-8-3-6-13-5-1-2-7-15(13)16/h1-10,14H,11-12H2. The van der Waals surface area contributed by atoms with Gasteiger partial charge in [0.1, 0.15) is 6.10 Å². The molecule has 120 valence electrons. The Morgan fingerprint density at radius 2 is 1.88 bits per heavy atom. The van der Waals surface area contributed by atoms with Crippen molar-refractivity contribution in [3.8, 4) is 5.88 Å². The molecular weight excluding hydrogens is 368 g/mol. The first-order valence-corrected chi connectivity index (χ1v) is 8.56. The average molecular weight is 383 g/mol. The van der Waals surface area contributed by atoms with Gasteiger partial charge in [0.2, 0.25) is 5.88 Å². The molecule has 2 aromatic carbocycles. The third-order valence-corrected chi connectivity index (χ3v) is 4.76. The maximum Gasteiger partial charge on any atom is 0.254 e. The first kappa shape index (κ1) is 15.1. The van der Waals surface area contributed by atoms with Gasteiger partial charge in [-0.25, -0.2) is 4.98 Å². The summed E-state index contributed by atoms with van der Waals surface area (Å²) in [6.07, 6.45) is 1.67. The van der Waals surface area contributed by atoms with E-state index in [0.29, 0.717) is 19.0 Å². The number of aromatic nitrogens is 1. The second kappa shape index (κ2) is 6.24. The van der Waals surface area contributed by atoms with Gasteiger partial charge in [0.15, 0.2) is 0 Å². The Balaban J connectivity index is 1.47. The van der Waals surface area contributed by atoms with E-state index in [2.05, 4.69) is 20.9 Å². The molecule has 0 unspecified atom stereocenters. The number of carbonyl (C=O) groups is 1. The fourth-order valence-corrected chi connectivity index (χ4v) is 3.22. The van der Waals surface area contributed by atoms with Crippen LogP contribution < -0.4 is 4.74 Å². The predicted molar refractivity (Wildman–Crippen MR) is 96.2 cm³/mol. The highest BCUT2D eigenvalue weighted by atomic mass is 79.9. The fraction of sp³-hybridized carbons (Fsp3) is 0.158. The number of rotatable bonds is 3. The number of benzene rings is 2. The van der Waals surface area contributed by atoms with Crippen molar-refractivity contribution in [2.75, 3.05) is 13.1 Å². The Kier molecular flexibility index (Phi) is 3.94. The van der Waals surface area contributed by atoms with Crippen LogP contribution in [0.3, 0.4) is 0 Å². The number of halogens is 1. The normalized spacial score (nSPS) is 14.5. The summed E-state index contributed by atoms with van der Waals surface area (Å²) < 4.78 is 6.66. The largest absolute Gasteiger partial charge is 0.470 e. The highest BCUT2D eigenvalue weighted by Gasteiger charge is 2.33. The van der Waals surface area contributed by atoms with Crippen molar-refractivity contribution in [3.63, 3.8) is 0 Å². The molecule has 0 bridgehead atoms. The smallest absolute Gasteiger partial charge is 0.254 e. The highest BCUT2D eigenvalue weighted by Crippen LogP contribution is 2.26. The van der Waals surface area contributed by atoms with E-state index >= 15 is 0 Å². The van der Waals surface area contributed by atoms with E-state index in [-0.39, 0.29) is 12.0 Å². The van der Waals surface area contributed by atoms with Gasteiger partial charge in [0.25, 0.3) is 5.91 Å². The minimum Gasteiger partial charge on any atom is -0.470 e. The fourth-order valence-electron chi connectivity index (χ4n) is 2.88. The summed E-state index contributed by atoms with van der Waals surface area (Å²) in [5, 5.41) is 2.07. The molecule has 2 heterocycles. The van der Waals surface area contributed by atoms with Crippen LogP contribution in [0.15, 0.2) is 65.3 Å². The van der Waals surface area contributed by atoms with E-state index in [1.165, 1.54) is 0 Å². The SMILES string of the molecule is O=C(c1cccc2ccccc12)N1CC(Oc2ncccc2Br)C1. The number of fused-ring (bicyclic) bond motifs is 1. The van der Waals surface area contributed by atoms with Crippen molar-refractivity contribution in [2.24, 2.45) is 0 Å². The van der Waals surface area contributed by atoms with Crippen LogP contribution in [-0.4, -0.2) is 35.0 Å². The zero-order valence-electron chi connectivity index (χ0n) is 12.9. The summed E-state index contributed by atoms with van der Waals surface area (Å²) in [4.78, 5) is 18.8. The lowest BCUT2D eigenvalue weighted by atomic mass is 10.0. The molecule has 4 rings (SSSR count). The van der Waals surface area contributed by atoms with Crippen LogP contribution in [0.2, 0.25) is 0 Å². The van der Waals surface area contributed by atoms with Gasteiger partial charge < -0.3 is 9.64 Å². The van der Waals surface area contributed by atoms with E-state index in [1.54, 1.807) is 6.20 Å². The summed E-state index contributed by atoms with van der Waals surface area (Å²) >= 11 is 3.42. The van der Waals surface area contributed by atoms with Gasteiger partial charge in [-0.15, -0.1) is 0 Å². The topological polar surface area (TPSA) is 42.4 Å². The predicted octanol–water partition coefficient (Wildman–Crippen LogP) is 3.90. The Morgan fingerprint density at radius 1 is 1.08 bits per heavy atom. The van der Waals surface area contributed by atoms with Gasteiger partial charge in [-0.3, -0.25) is 4.79 Å². The zero-order valence-corrected chi connectivity index (χ0v) is 14.4. The van der Waals surface area contributed by atoms with Gasteiger partial charge >= 0.3 is 0 Å². The molecule has 5 heteroatoms. The van der Waals surface area contributed by atoms with Crippen LogP contribution in [0.4, 0.5) is 0 Å². The Labute approximate surface area is 148 Å². The zero-order chi connectivity index (χ0) is 16.5. The average Bonchev–Trinajstić information content (AvgIpc) is 2.58. The van der Waals surface area contributed by atoms with Crippen molar-refractivity contribution < 1.29 is 9.53 Å². The third kappa shape index (κ3) is 2.76. The molecule has 0 aliphatic carbocycles. The first-order chi connectivity index (χ1) is 11.7. The molecule has 4 nitrogen and oxygen atoms in total. The van der Waals surface area contributed by atoms with Crippen LogP contribution in [-0.2, 0) is 0 Å². The van der Waals surface area contributed by atoms with Gasteiger partial charge in [-0.1, -0.05) is 36.4 Å². The van der Waals surface area contributed by atoms with E-state index in [9.17, 15) is 4.79 Å². The van der Waals surface area contributed by atoms with Crippen LogP contribution in [0.5, 0.6) is 5.88 Å². The van der Waals surface area contributed by atoms with E-state index < -0.39 is 0 Å². The molecule has 0 N–H and O–H groups in total. The molecule has 1 amide bonds. The Hall–Kier alpha value is -2.40. The van der Waals surface area contributed by atoms with Crippen LogP contribution >= 0.6 is 15.9 Å². The number of hydrogen-bond acceptors (Lipinski definition) is 3. The van der Waals surface area contributed by atoms with Crippen LogP contribution in [0.1, 0.15) is 10.4 Å². The van der Waals surface area contributed by atoms with Crippen molar-refractivity contribution in [1.29, 1.82) is 0 Å². The molecule has 0 atom stereocenters. The maximum atomic E-state index is 12.8. The Morgan fingerprint density at radius 3 is 2.71 bits per heavy atom. The molecule has 0 radical (unpaired) electrons. The van der Waals surface area contributed by atoms with Crippen molar-refractivity contribution >= 4 is 32.6 Å². The van der Waals surface area contributed by atoms with Crippen molar-refractivity contribution in [2.45, 2.75) is 6.10 Å². The van der Waals surface area contributed by atoms with Crippen molar-refractivity contribution in [1.82, 2.24) is 9.88 Å². The molecule has 1 aromatic heterocycles.